The number of unbranched alkanes of at least 4 members (excludes halogenated alkanes) is 1. The van der Waals surface area contributed by atoms with Gasteiger partial charge in [0, 0.05) is 32.2 Å². The van der Waals surface area contributed by atoms with Crippen LogP contribution in [-0.2, 0) is 47.4 Å². The van der Waals surface area contributed by atoms with Gasteiger partial charge in [-0.2, -0.15) is 0 Å². The first-order valence-corrected chi connectivity index (χ1v) is 14.8. The lowest BCUT2D eigenvalue weighted by atomic mass is 10.1. The van der Waals surface area contributed by atoms with Gasteiger partial charge in [0.05, 0.1) is 25.0 Å². The first-order chi connectivity index (χ1) is 19.1. The SMILES string of the molecule is C=PNCCCC[C@H](NP)C(=O)NC(CCC(=O)OP)C(=O)NC(CCC(=O)OP)C(=O)ON1C(=O)CCC1=O. The third kappa shape index (κ3) is 13.0. The van der Waals surface area contributed by atoms with Crippen LogP contribution in [0.2, 0.25) is 0 Å². The van der Waals surface area contributed by atoms with Gasteiger partial charge >= 0.3 is 17.9 Å². The van der Waals surface area contributed by atoms with E-state index in [1.54, 1.807) is 18.9 Å². The van der Waals surface area contributed by atoms with Gasteiger partial charge in [0.2, 0.25) is 11.8 Å². The molecule has 1 aliphatic heterocycles. The van der Waals surface area contributed by atoms with Crippen molar-refractivity contribution in [2.75, 3.05) is 6.54 Å². The van der Waals surface area contributed by atoms with Crippen LogP contribution in [0.15, 0.2) is 0 Å². The number of carbonyl (C=O) groups is 7. The first-order valence-electron chi connectivity index (χ1n) is 12.2. The topological polar surface area (TPSA) is 199 Å². The van der Waals surface area contributed by atoms with E-state index in [-0.39, 0.29) is 38.5 Å². The second-order valence-electron chi connectivity index (χ2n) is 8.45. The van der Waals surface area contributed by atoms with E-state index < -0.39 is 59.7 Å². The van der Waals surface area contributed by atoms with Crippen molar-refractivity contribution < 1.29 is 47.4 Å². The number of nitrogens with one attached hydrogen (secondary N) is 4. The molecule has 5 unspecified atom stereocenters. The van der Waals surface area contributed by atoms with Gasteiger partial charge in [0.25, 0.3) is 11.8 Å². The van der Waals surface area contributed by atoms with Gasteiger partial charge in [-0.15, -0.1) is 5.06 Å². The number of hydrogen-bond acceptors (Lipinski definition) is 12. The second-order valence-corrected chi connectivity index (χ2v) is 9.89. The van der Waals surface area contributed by atoms with E-state index >= 15 is 0 Å². The summed E-state index contributed by atoms with van der Waals surface area (Å²) in [7, 11) is 6.59. The second kappa shape index (κ2) is 19.9. The van der Waals surface area contributed by atoms with E-state index in [2.05, 4.69) is 45.5 Å². The summed E-state index contributed by atoms with van der Waals surface area (Å²) in [5.41, 5.74) is 0. The zero-order chi connectivity index (χ0) is 30.1. The van der Waals surface area contributed by atoms with Crippen LogP contribution in [0.4, 0.5) is 0 Å². The van der Waals surface area contributed by atoms with Crippen molar-refractivity contribution in [1.29, 1.82) is 0 Å². The number of rotatable bonds is 19. The monoisotopic (exact) mass is 641 g/mol. The lowest BCUT2D eigenvalue weighted by Gasteiger charge is -2.25. The molecule has 1 aliphatic rings. The summed E-state index contributed by atoms with van der Waals surface area (Å²) in [5, 5.41) is 11.1. The molecule has 1 saturated heterocycles. The van der Waals surface area contributed by atoms with Gasteiger partial charge in [0.1, 0.15) is 12.1 Å². The molecule has 0 aliphatic carbocycles. The van der Waals surface area contributed by atoms with Gasteiger partial charge in [-0.25, -0.2) is 4.79 Å². The van der Waals surface area contributed by atoms with Crippen molar-refractivity contribution >= 4 is 84.5 Å². The molecule has 0 spiro atoms. The lowest BCUT2D eigenvalue weighted by Crippen LogP contribution is -2.55. The van der Waals surface area contributed by atoms with E-state index in [0.29, 0.717) is 17.9 Å². The number of imide groups is 1. The zero-order valence-corrected chi connectivity index (χ0v) is 26.1. The van der Waals surface area contributed by atoms with Crippen molar-refractivity contribution in [3.63, 3.8) is 0 Å². The average Bonchev–Trinajstić information content (AvgIpc) is 3.26. The Hall–Kier alpha value is -2.13. The molecule has 4 N–H and O–H groups in total. The van der Waals surface area contributed by atoms with Crippen LogP contribution in [0, 0.1) is 0 Å². The molecular formula is C21H35N5O10P4. The minimum Gasteiger partial charge on any atom is -0.452 e. The average molecular weight is 641 g/mol. The molecule has 0 aromatic carbocycles. The number of hydrogen-bond donors (Lipinski definition) is 4. The van der Waals surface area contributed by atoms with Crippen molar-refractivity contribution in [2.24, 2.45) is 0 Å². The summed E-state index contributed by atoms with van der Waals surface area (Å²) in [5.74, 6) is -5.43. The maximum atomic E-state index is 13.2. The van der Waals surface area contributed by atoms with Crippen LogP contribution in [0.1, 0.15) is 57.8 Å². The Bertz CT molecular complexity index is 941. The molecule has 6 atom stereocenters. The van der Waals surface area contributed by atoms with Crippen LogP contribution in [-0.4, -0.2) is 77.6 Å². The third-order valence-corrected chi connectivity index (χ3v) is 6.99. The highest BCUT2D eigenvalue weighted by Crippen LogP contribution is 2.15. The molecule has 4 amide bonds. The minimum atomic E-state index is -1.50. The number of nitrogens with zero attached hydrogens (tertiary/aromatic N) is 1. The van der Waals surface area contributed by atoms with E-state index in [1.807, 2.05) is 0 Å². The standard InChI is InChI=1S/C21H35N5O10P4/c1-40-22-11-3-2-4-13(25-37)20(32)23-12(5-9-17(29)35-38)19(31)24-14(6-10-18(30)36-39)21(33)34-26-15(27)7-8-16(26)28/h12-14,22,25H,1-11,37-39H2,(H,23,32)(H,24,31)/t12?,13-,14?/m0/s1. The van der Waals surface area contributed by atoms with Crippen LogP contribution in [0.3, 0.4) is 0 Å². The van der Waals surface area contributed by atoms with Crippen LogP contribution < -0.4 is 20.8 Å². The van der Waals surface area contributed by atoms with Crippen molar-refractivity contribution in [3.8, 4) is 0 Å². The molecule has 19 heteroatoms. The molecule has 224 valence electrons. The highest BCUT2D eigenvalue weighted by atomic mass is 31.1. The predicted molar refractivity (Wildman–Crippen MR) is 154 cm³/mol. The molecule has 0 radical (unpaired) electrons. The number of carbonyl (C=O) groups excluding carboxylic acids is 7. The Labute approximate surface area is 240 Å². The molecule has 1 rings (SSSR count). The maximum Gasteiger partial charge on any atom is 0.355 e. The Kier molecular flexibility index (Phi) is 17.8. The van der Waals surface area contributed by atoms with Crippen molar-refractivity contribution in [1.82, 2.24) is 25.9 Å². The van der Waals surface area contributed by atoms with E-state index in [1.165, 1.54) is 0 Å². The fraction of sp³-hybridized carbons (Fsp3) is 0.619. The molecule has 0 aromatic rings. The summed E-state index contributed by atoms with van der Waals surface area (Å²) in [6.07, 6.45) is 4.23. The Morgan fingerprint density at radius 1 is 0.850 bits per heavy atom. The van der Waals surface area contributed by atoms with Crippen LogP contribution in [0.25, 0.3) is 0 Å². The summed E-state index contributed by atoms with van der Waals surface area (Å²) in [4.78, 5) is 91.0. The van der Waals surface area contributed by atoms with Gasteiger partial charge in [-0.3, -0.25) is 38.9 Å². The van der Waals surface area contributed by atoms with Gasteiger partial charge in [-0.05, 0) is 34.0 Å². The van der Waals surface area contributed by atoms with Crippen molar-refractivity contribution in [3.05, 3.63) is 0 Å². The summed E-state index contributed by atoms with van der Waals surface area (Å²) < 4.78 is 9.03. The van der Waals surface area contributed by atoms with Gasteiger partial charge in [0.15, 0.2) is 0 Å². The molecule has 0 aromatic heterocycles. The Balaban J connectivity index is 3.01. The third-order valence-electron chi connectivity index (χ3n) is 5.62. The van der Waals surface area contributed by atoms with Crippen LogP contribution in [0.5, 0.6) is 0 Å². The number of hydroxylamine groups is 2. The minimum absolute atomic E-state index is 0.140. The fourth-order valence-electron chi connectivity index (χ4n) is 3.44. The highest BCUT2D eigenvalue weighted by Gasteiger charge is 2.36. The lowest BCUT2D eigenvalue weighted by molar-refractivity contribution is -0.199. The summed E-state index contributed by atoms with van der Waals surface area (Å²) in [6, 6.07) is -3.47. The van der Waals surface area contributed by atoms with Gasteiger partial charge < -0.3 is 24.5 Å². The van der Waals surface area contributed by atoms with Crippen LogP contribution >= 0.6 is 36.7 Å². The van der Waals surface area contributed by atoms with E-state index in [0.717, 1.165) is 21.3 Å². The summed E-state index contributed by atoms with van der Waals surface area (Å²) in [6.45, 7) is 0.717. The highest BCUT2D eigenvalue weighted by molar-refractivity contribution is 7.34. The van der Waals surface area contributed by atoms with Crippen molar-refractivity contribution in [2.45, 2.75) is 75.9 Å². The van der Waals surface area contributed by atoms with Gasteiger partial charge in [-0.1, -0.05) is 22.1 Å². The predicted octanol–water partition coefficient (Wildman–Crippen LogP) is -0.408. The molecule has 15 nitrogen and oxygen atoms in total. The molecule has 1 fully saturated rings. The van der Waals surface area contributed by atoms with E-state index in [4.69, 9.17) is 4.84 Å². The zero-order valence-electron chi connectivity index (χ0n) is 21.7. The maximum absolute atomic E-state index is 13.2. The van der Waals surface area contributed by atoms with E-state index in [9.17, 15) is 33.6 Å². The quantitative estimate of drug-likeness (QED) is 0.0810. The Morgan fingerprint density at radius 2 is 1.38 bits per heavy atom. The Morgan fingerprint density at radius 3 is 1.90 bits per heavy atom. The molecule has 0 saturated carbocycles. The smallest absolute Gasteiger partial charge is 0.355 e. The largest absolute Gasteiger partial charge is 0.452 e. The molecule has 40 heavy (non-hydrogen) atoms. The molecule has 0 bridgehead atoms. The fourth-order valence-corrected chi connectivity index (χ4v) is 4.31. The molecule has 1 heterocycles. The first kappa shape index (κ1) is 35.9. The number of amides is 4. The summed E-state index contributed by atoms with van der Waals surface area (Å²) >= 11 is 0. The molecular weight excluding hydrogens is 606 g/mol. The normalized spacial score (nSPS) is 15.2.